The Kier molecular flexibility index (Phi) is 2.76. The summed E-state index contributed by atoms with van der Waals surface area (Å²) in [5.41, 5.74) is 1.94. The van der Waals surface area contributed by atoms with Crippen molar-refractivity contribution in [1.29, 1.82) is 5.26 Å². The van der Waals surface area contributed by atoms with Crippen molar-refractivity contribution in [3.63, 3.8) is 0 Å². The number of hydrogen-bond donors (Lipinski definition) is 1. The van der Waals surface area contributed by atoms with Crippen LogP contribution in [0.25, 0.3) is 0 Å². The zero-order valence-electron chi connectivity index (χ0n) is 8.14. The lowest BCUT2D eigenvalue weighted by atomic mass is 10.1. The quantitative estimate of drug-likeness (QED) is 0.801. The smallest absolute Gasteiger partial charge is 0.256 e. The molecule has 0 bridgehead atoms. The Morgan fingerprint density at radius 3 is 2.88 bits per heavy atom. The molecule has 0 aromatic heterocycles. The maximum absolute atomic E-state index is 11.5. The van der Waals surface area contributed by atoms with Crippen molar-refractivity contribution in [3.05, 3.63) is 29.3 Å². The average Bonchev–Trinajstić information content (AvgIpc) is 2.72. The Hall–Kier alpha value is -1.29. The highest BCUT2D eigenvalue weighted by atomic mass is 35.5. The van der Waals surface area contributed by atoms with Gasteiger partial charge in [-0.25, -0.2) is 0 Å². The third kappa shape index (κ3) is 1.73. The first-order chi connectivity index (χ1) is 7.58. The number of nitrogens with zero attached hydrogens (tertiary/aromatic N) is 2. The maximum Gasteiger partial charge on any atom is 0.315 e. The van der Waals surface area contributed by atoms with Gasteiger partial charge < -0.3 is 0 Å². The number of benzene rings is 1. The normalized spacial score (nSPS) is 14.6. The second-order valence-corrected chi connectivity index (χ2v) is 5.37. The van der Waals surface area contributed by atoms with Gasteiger partial charge in [-0.2, -0.15) is 13.7 Å². The van der Waals surface area contributed by atoms with Gasteiger partial charge in [-0.3, -0.25) is 4.31 Å². The highest BCUT2D eigenvalue weighted by molar-refractivity contribution is 7.91. The summed E-state index contributed by atoms with van der Waals surface area (Å²) in [6.45, 7) is 0.340. The largest absolute Gasteiger partial charge is 0.315 e. The number of anilines is 1. The third-order valence-electron chi connectivity index (χ3n) is 2.45. The fourth-order valence-corrected chi connectivity index (χ4v) is 2.83. The van der Waals surface area contributed by atoms with Crippen LogP contribution in [0.3, 0.4) is 0 Å². The van der Waals surface area contributed by atoms with Crippen molar-refractivity contribution >= 4 is 27.7 Å². The Balaban J connectivity index is 2.46. The average molecular weight is 258 g/mol. The molecule has 1 aromatic carbocycles. The number of nitriles is 1. The molecule has 84 valence electrons. The molecule has 1 heterocycles. The third-order valence-corrected chi connectivity index (χ3v) is 4.19. The minimum Gasteiger partial charge on any atom is -0.256 e. The molecular formula is C9H8ClN3O2S. The van der Waals surface area contributed by atoms with Gasteiger partial charge in [0, 0.05) is 6.54 Å². The SMILES string of the molecule is N#Cc1ccc2c(c1)CCN2S(=O)(=O)NCl. The molecular weight excluding hydrogens is 250 g/mol. The molecule has 16 heavy (non-hydrogen) atoms. The Bertz CT molecular complexity index is 565. The van der Waals surface area contributed by atoms with Crippen molar-refractivity contribution < 1.29 is 8.42 Å². The molecule has 0 amide bonds. The molecule has 0 unspecified atom stereocenters. The second kappa shape index (κ2) is 3.94. The Labute approximate surface area is 98.5 Å². The van der Waals surface area contributed by atoms with Crippen LogP contribution in [0.2, 0.25) is 0 Å². The van der Waals surface area contributed by atoms with Crippen molar-refractivity contribution in [2.45, 2.75) is 6.42 Å². The molecule has 1 aromatic rings. The minimum atomic E-state index is -3.67. The van der Waals surface area contributed by atoms with E-state index in [4.69, 9.17) is 17.0 Å². The van der Waals surface area contributed by atoms with Crippen LogP contribution in [0.1, 0.15) is 11.1 Å². The molecule has 1 N–H and O–H groups in total. The van der Waals surface area contributed by atoms with Crippen molar-refractivity contribution in [1.82, 2.24) is 4.24 Å². The topological polar surface area (TPSA) is 73.2 Å². The van der Waals surface area contributed by atoms with E-state index in [1.807, 2.05) is 6.07 Å². The monoisotopic (exact) mass is 257 g/mol. The lowest BCUT2D eigenvalue weighted by molar-refractivity contribution is 0.590. The summed E-state index contributed by atoms with van der Waals surface area (Å²) in [6, 6.07) is 6.91. The first-order valence-electron chi connectivity index (χ1n) is 4.51. The number of rotatable bonds is 2. The van der Waals surface area contributed by atoms with Gasteiger partial charge in [0.05, 0.1) is 17.3 Å². The summed E-state index contributed by atoms with van der Waals surface area (Å²) in [5, 5.41) is 8.73. The molecule has 0 aliphatic carbocycles. The van der Waals surface area contributed by atoms with Crippen LogP contribution >= 0.6 is 11.8 Å². The maximum atomic E-state index is 11.5. The summed E-state index contributed by atoms with van der Waals surface area (Å²) in [6.07, 6.45) is 0.586. The molecule has 7 heteroatoms. The van der Waals surface area contributed by atoms with E-state index in [2.05, 4.69) is 0 Å². The molecule has 0 fully saturated rings. The van der Waals surface area contributed by atoms with Crippen molar-refractivity contribution in [3.8, 4) is 6.07 Å². The zero-order chi connectivity index (χ0) is 11.8. The van der Waals surface area contributed by atoms with E-state index in [0.29, 0.717) is 24.2 Å². The van der Waals surface area contributed by atoms with Gasteiger partial charge in [-0.1, -0.05) is 0 Å². The van der Waals surface area contributed by atoms with E-state index in [9.17, 15) is 8.42 Å². The fraction of sp³-hybridized carbons (Fsp3) is 0.222. The van der Waals surface area contributed by atoms with Crippen LogP contribution in [0, 0.1) is 11.3 Å². The molecule has 5 nitrogen and oxygen atoms in total. The van der Waals surface area contributed by atoms with Crippen LogP contribution in [-0.2, 0) is 16.6 Å². The van der Waals surface area contributed by atoms with Gasteiger partial charge in [0.15, 0.2) is 0 Å². The first kappa shape index (κ1) is 11.2. The van der Waals surface area contributed by atoms with Crippen LogP contribution in [0.4, 0.5) is 5.69 Å². The van der Waals surface area contributed by atoms with E-state index in [1.54, 1.807) is 22.4 Å². The molecule has 0 spiro atoms. The summed E-state index contributed by atoms with van der Waals surface area (Å²) < 4.78 is 26.0. The van der Waals surface area contributed by atoms with Crippen molar-refractivity contribution in [2.75, 3.05) is 10.8 Å². The first-order valence-corrected chi connectivity index (χ1v) is 6.33. The predicted octanol–water partition coefficient (Wildman–Crippen LogP) is 0.909. The summed E-state index contributed by atoms with van der Waals surface area (Å²) in [5.74, 6) is 0. The highest BCUT2D eigenvalue weighted by Gasteiger charge is 2.28. The van der Waals surface area contributed by atoms with Gasteiger partial charge in [0.2, 0.25) is 0 Å². The van der Waals surface area contributed by atoms with Crippen LogP contribution in [0.5, 0.6) is 0 Å². The Morgan fingerprint density at radius 1 is 1.50 bits per heavy atom. The number of fused-ring (bicyclic) bond motifs is 1. The lowest BCUT2D eigenvalue weighted by Gasteiger charge is -2.17. The summed E-state index contributed by atoms with van der Waals surface area (Å²) in [7, 11) is -3.67. The Morgan fingerprint density at radius 2 is 2.25 bits per heavy atom. The molecule has 0 atom stereocenters. The molecule has 0 saturated carbocycles. The summed E-state index contributed by atoms with van der Waals surface area (Å²) in [4.78, 5) is 0. The van der Waals surface area contributed by atoms with Gasteiger partial charge in [0.1, 0.15) is 0 Å². The van der Waals surface area contributed by atoms with E-state index in [-0.39, 0.29) is 0 Å². The van der Waals surface area contributed by atoms with E-state index < -0.39 is 10.2 Å². The fourth-order valence-electron chi connectivity index (χ4n) is 1.73. The standard InChI is InChI=1S/C9H8ClN3O2S/c10-12-16(14,15)13-4-3-8-5-7(6-11)1-2-9(8)13/h1-2,5,12H,3-4H2. The molecule has 2 rings (SSSR count). The van der Waals surface area contributed by atoms with E-state index in [0.717, 1.165) is 5.56 Å². The zero-order valence-corrected chi connectivity index (χ0v) is 9.72. The highest BCUT2D eigenvalue weighted by Crippen LogP contribution is 2.30. The summed E-state index contributed by atoms with van der Waals surface area (Å²) >= 11 is 5.17. The van der Waals surface area contributed by atoms with Gasteiger partial charge >= 0.3 is 10.2 Å². The van der Waals surface area contributed by atoms with Crippen LogP contribution < -0.4 is 8.55 Å². The molecule has 1 aliphatic heterocycles. The van der Waals surface area contributed by atoms with E-state index >= 15 is 0 Å². The number of nitrogens with one attached hydrogen (secondary N) is 1. The molecule has 1 aliphatic rings. The lowest BCUT2D eigenvalue weighted by Crippen LogP contribution is -2.35. The van der Waals surface area contributed by atoms with E-state index in [1.165, 1.54) is 4.31 Å². The minimum absolute atomic E-state index is 0.340. The van der Waals surface area contributed by atoms with Crippen LogP contribution in [0.15, 0.2) is 18.2 Å². The van der Waals surface area contributed by atoms with Gasteiger partial charge in [0.25, 0.3) is 0 Å². The molecule has 0 saturated heterocycles. The van der Waals surface area contributed by atoms with Gasteiger partial charge in [-0.05, 0) is 42.0 Å². The van der Waals surface area contributed by atoms with Crippen molar-refractivity contribution in [2.24, 2.45) is 0 Å². The number of hydrogen-bond acceptors (Lipinski definition) is 3. The second-order valence-electron chi connectivity index (χ2n) is 3.36. The number of halogens is 1. The molecule has 0 radical (unpaired) electrons. The van der Waals surface area contributed by atoms with Crippen LogP contribution in [-0.4, -0.2) is 15.0 Å². The van der Waals surface area contributed by atoms with Gasteiger partial charge in [-0.15, -0.1) is 4.24 Å². The predicted molar refractivity (Wildman–Crippen MR) is 60.1 cm³/mol.